The van der Waals surface area contributed by atoms with Gasteiger partial charge < -0.3 is 29.0 Å². The van der Waals surface area contributed by atoms with E-state index in [1.165, 1.54) is 16.3 Å². The number of aromatic nitrogens is 3. The molecule has 2 N–H and O–H groups in total. The molecule has 2 fully saturated rings. The minimum atomic E-state index is -0.981. The van der Waals surface area contributed by atoms with E-state index in [4.69, 9.17) is 24.2 Å². The van der Waals surface area contributed by atoms with Crippen molar-refractivity contribution in [1.82, 2.24) is 40.1 Å². The lowest BCUT2D eigenvalue weighted by atomic mass is 9.84. The third-order valence-corrected chi connectivity index (χ3v) is 14.2. The maximum atomic E-state index is 14.5. The molecule has 0 radical (unpaired) electrons. The molecular formula is C50H66N8O7S. The van der Waals surface area contributed by atoms with E-state index in [1.54, 1.807) is 18.2 Å². The van der Waals surface area contributed by atoms with Crippen LogP contribution in [0.15, 0.2) is 41.9 Å². The summed E-state index contributed by atoms with van der Waals surface area (Å²) in [4.78, 5) is 68.6. The summed E-state index contributed by atoms with van der Waals surface area (Å²) < 4.78 is 20.4. The van der Waals surface area contributed by atoms with Crippen molar-refractivity contribution in [2.75, 3.05) is 54.1 Å². The van der Waals surface area contributed by atoms with Gasteiger partial charge in [0.15, 0.2) is 0 Å². The molecule has 6 bridgehead atoms. The Hall–Kier alpha value is -5.18. The van der Waals surface area contributed by atoms with Gasteiger partial charge in [-0.1, -0.05) is 32.8 Å². The number of esters is 1. The predicted octanol–water partition coefficient (Wildman–Crippen LogP) is 5.80. The van der Waals surface area contributed by atoms with Crippen molar-refractivity contribution in [2.24, 2.45) is 11.3 Å². The van der Waals surface area contributed by atoms with E-state index < -0.39 is 34.9 Å². The molecule has 0 spiro atoms. The Balaban J connectivity index is 1.17. The average molecular weight is 923 g/mol. The normalized spacial score (nSPS) is 20.2. The molecule has 0 unspecified atom stereocenters. The van der Waals surface area contributed by atoms with Gasteiger partial charge in [0.1, 0.15) is 12.1 Å². The number of nitrogens with one attached hydrogen (secondary N) is 2. The van der Waals surface area contributed by atoms with Gasteiger partial charge in [-0.25, -0.2) is 10.4 Å². The second kappa shape index (κ2) is 20.4. The molecule has 4 atom stereocenters. The van der Waals surface area contributed by atoms with Gasteiger partial charge in [-0.2, -0.15) is 0 Å². The molecule has 6 heterocycles. The number of aryl methyl sites for hydroxylation is 1. The summed E-state index contributed by atoms with van der Waals surface area (Å²) in [6, 6.07) is 8.74. The van der Waals surface area contributed by atoms with Crippen LogP contribution in [0.5, 0.6) is 0 Å². The summed E-state index contributed by atoms with van der Waals surface area (Å²) in [5, 5.41) is 8.26. The number of nitrogens with zero attached hydrogens (tertiary/aromatic N) is 6. The Morgan fingerprint density at radius 1 is 1.17 bits per heavy atom. The smallest absolute Gasteiger partial charge is 0.324 e. The van der Waals surface area contributed by atoms with Gasteiger partial charge in [0.25, 0.3) is 11.8 Å². The maximum Gasteiger partial charge on any atom is 0.324 e. The van der Waals surface area contributed by atoms with Gasteiger partial charge in [0, 0.05) is 78.7 Å². The number of hydrogen-bond donors (Lipinski definition) is 2. The number of carbonyl (C=O) groups excluding carboxylic acids is 4. The number of amides is 3. The van der Waals surface area contributed by atoms with Crippen LogP contribution in [0.4, 0.5) is 0 Å². The summed E-state index contributed by atoms with van der Waals surface area (Å²) in [5.74, 6) is 3.88. The lowest BCUT2D eigenvalue weighted by molar-refractivity contribution is -0.155. The first-order chi connectivity index (χ1) is 31.4. The molecular weight excluding hydrogens is 857 g/mol. The number of pyridine rings is 1. The van der Waals surface area contributed by atoms with Gasteiger partial charge in [0.05, 0.1) is 59.0 Å². The molecule has 1 aromatic carbocycles. The van der Waals surface area contributed by atoms with Crippen molar-refractivity contribution in [3.05, 3.63) is 58.2 Å². The topological polar surface area (TPSA) is 160 Å². The van der Waals surface area contributed by atoms with Crippen LogP contribution in [0.2, 0.25) is 0 Å². The molecule has 3 aromatic heterocycles. The highest BCUT2D eigenvalue weighted by molar-refractivity contribution is 7.10. The summed E-state index contributed by atoms with van der Waals surface area (Å²) in [7, 11) is 5.53. The third-order valence-electron chi connectivity index (χ3n) is 13.3. The lowest BCUT2D eigenvalue weighted by Crippen LogP contribution is -2.61. The Morgan fingerprint density at radius 2 is 1.94 bits per heavy atom. The molecule has 3 aliphatic rings. The van der Waals surface area contributed by atoms with Gasteiger partial charge >= 0.3 is 5.97 Å². The zero-order valence-electron chi connectivity index (χ0n) is 40.2. The third kappa shape index (κ3) is 10.7. The molecule has 354 valence electrons. The molecule has 0 saturated carbocycles. The first kappa shape index (κ1) is 48.7. The number of hydrogen-bond acceptors (Lipinski definition) is 12. The van der Waals surface area contributed by atoms with Crippen molar-refractivity contribution >= 4 is 45.9 Å². The standard InChI is InChI=1S/C50H66N8O7S/c1-11-32(28-64-34-26-56(27-34)43(59)19-20-50(6,7)55(8)9)46(60)53-39-24-42-52-40(29-66-42)33-17-18-41-36(23-33)37(45(57(41)12-2)35-15-13-21-51-44(35)31(3)63-10)25-49(4,5)30-65-48(62)38-16-14-22-58(54-38)47(39)61/h13,15,17-18,21,23,29,31-32,34,38-39,54H,11-12,14,16,22,24-28,30H2,1-10H3,(H,53,60)/t31-,32-,38-,39-/m0/s1. The fraction of sp³-hybridized carbons (Fsp3) is 0.560. The fourth-order valence-corrected chi connectivity index (χ4v) is 9.44. The van der Waals surface area contributed by atoms with Crippen LogP contribution in [0.3, 0.4) is 0 Å². The number of rotatable bonds is 11. The van der Waals surface area contributed by atoms with Crippen LogP contribution in [0.25, 0.3) is 33.4 Å². The van der Waals surface area contributed by atoms with Gasteiger partial charge in [-0.3, -0.25) is 34.1 Å². The number of carbonyl (C=O) groups is 4. The second-order valence-electron chi connectivity index (χ2n) is 19.2. The van der Waals surface area contributed by atoms with Crippen LogP contribution in [-0.2, 0) is 52.8 Å². The lowest BCUT2D eigenvalue weighted by Gasteiger charge is -2.38. The zero-order chi connectivity index (χ0) is 47.5. The van der Waals surface area contributed by atoms with Crippen molar-refractivity contribution in [3.63, 3.8) is 0 Å². The molecule has 66 heavy (non-hydrogen) atoms. The number of hydrazine groups is 1. The summed E-state index contributed by atoms with van der Waals surface area (Å²) in [5.41, 5.74) is 8.98. The molecule has 2 saturated heterocycles. The molecule has 4 aromatic rings. The number of ether oxygens (including phenoxy) is 3. The van der Waals surface area contributed by atoms with Crippen molar-refractivity contribution in [1.29, 1.82) is 0 Å². The van der Waals surface area contributed by atoms with Gasteiger partial charge in [-0.15, -0.1) is 11.3 Å². The molecule has 3 amide bonds. The van der Waals surface area contributed by atoms with Crippen LogP contribution in [-0.4, -0.2) is 131 Å². The number of likely N-dealkylation sites (tertiary alicyclic amines) is 1. The second-order valence-corrected chi connectivity index (χ2v) is 20.2. The van der Waals surface area contributed by atoms with E-state index in [0.717, 1.165) is 44.7 Å². The first-order valence-electron chi connectivity index (χ1n) is 23.2. The number of fused-ring (bicyclic) bond motifs is 6. The van der Waals surface area contributed by atoms with Gasteiger partial charge in [0.2, 0.25) is 5.91 Å². The molecule has 16 heteroatoms. The Kier molecular flexibility index (Phi) is 15.0. The number of benzene rings is 1. The first-order valence-corrected chi connectivity index (χ1v) is 24.0. The van der Waals surface area contributed by atoms with Crippen LogP contribution in [0.1, 0.15) is 90.1 Å². The van der Waals surface area contributed by atoms with Crippen molar-refractivity contribution < 1.29 is 33.4 Å². The van der Waals surface area contributed by atoms with Gasteiger partial charge in [-0.05, 0) is 103 Å². The highest BCUT2D eigenvalue weighted by Gasteiger charge is 2.37. The van der Waals surface area contributed by atoms with E-state index in [9.17, 15) is 19.2 Å². The van der Waals surface area contributed by atoms with E-state index in [0.29, 0.717) is 56.9 Å². The predicted molar refractivity (Wildman–Crippen MR) is 255 cm³/mol. The zero-order valence-corrected chi connectivity index (χ0v) is 41.0. The number of methoxy groups -OCH3 is 1. The monoisotopic (exact) mass is 922 g/mol. The Bertz CT molecular complexity index is 2500. The summed E-state index contributed by atoms with van der Waals surface area (Å²) >= 11 is 1.44. The maximum absolute atomic E-state index is 14.5. The summed E-state index contributed by atoms with van der Waals surface area (Å²) in [6.07, 6.45) is 3.60. The average Bonchev–Trinajstić information content (AvgIpc) is 3.88. The SMILES string of the molecule is CC[C@@H](COC1CN(C(=O)C#CC(C)(C)N(C)C)C1)C(=O)N[C@H]1Cc2nc(cs2)-c2ccc3c(c2)c(c(-c2cccnc2[C@H](C)OC)n3CC)CC(C)(C)COC(=O)[C@@H]2CCCN(N2)C1=O. The van der Waals surface area contributed by atoms with Crippen LogP contribution >= 0.6 is 11.3 Å². The molecule has 15 nitrogen and oxygen atoms in total. The van der Waals surface area contributed by atoms with Crippen molar-refractivity contribution in [3.8, 4) is 34.4 Å². The molecule has 7 rings (SSSR count). The van der Waals surface area contributed by atoms with E-state index >= 15 is 0 Å². The van der Waals surface area contributed by atoms with Crippen LogP contribution < -0.4 is 10.7 Å². The fourth-order valence-electron chi connectivity index (χ4n) is 8.59. The van der Waals surface area contributed by atoms with E-state index in [-0.39, 0.29) is 49.6 Å². The number of cyclic esters (lactones) is 1. The Morgan fingerprint density at radius 3 is 2.65 bits per heavy atom. The minimum Gasteiger partial charge on any atom is -0.464 e. The van der Waals surface area contributed by atoms with Crippen LogP contribution in [0, 0.1) is 23.2 Å². The van der Waals surface area contributed by atoms with Crippen molar-refractivity contribution in [2.45, 2.75) is 117 Å². The summed E-state index contributed by atoms with van der Waals surface area (Å²) in [6.45, 7) is 16.3. The highest BCUT2D eigenvalue weighted by Crippen LogP contribution is 2.42. The van der Waals surface area contributed by atoms with E-state index in [1.807, 2.05) is 58.1 Å². The highest BCUT2D eigenvalue weighted by atomic mass is 32.1. The minimum absolute atomic E-state index is 0.127. The Labute approximate surface area is 392 Å². The molecule has 0 aliphatic carbocycles. The number of thiazole rings is 1. The van der Waals surface area contributed by atoms with E-state index in [2.05, 4.69) is 72.2 Å². The quantitative estimate of drug-likeness (QED) is 0.138. The largest absolute Gasteiger partial charge is 0.464 e. The molecule has 3 aliphatic heterocycles.